The number of nitrogens with zero attached hydrogens (tertiary/aromatic N) is 1. The van der Waals surface area contributed by atoms with Gasteiger partial charge in [-0.25, -0.2) is 0 Å². The molecule has 1 amide bonds. The summed E-state index contributed by atoms with van der Waals surface area (Å²) in [5, 5.41) is 3.01. The molecule has 1 aromatic heterocycles. The summed E-state index contributed by atoms with van der Waals surface area (Å²) in [6.07, 6.45) is 9.08. The van der Waals surface area contributed by atoms with Gasteiger partial charge < -0.3 is 11.1 Å². The Kier molecular flexibility index (Phi) is 6.15. The third-order valence-corrected chi connectivity index (χ3v) is 3.85. The fourth-order valence-electron chi connectivity index (χ4n) is 2.35. The summed E-state index contributed by atoms with van der Waals surface area (Å²) >= 11 is 0. The fourth-order valence-corrected chi connectivity index (χ4v) is 2.35. The van der Waals surface area contributed by atoms with Crippen LogP contribution in [0.15, 0.2) is 42.3 Å². The van der Waals surface area contributed by atoms with Crippen molar-refractivity contribution in [3.8, 4) is 0 Å². The lowest BCUT2D eigenvalue weighted by atomic mass is 9.85. The largest absolute Gasteiger partial charge is 0.374 e. The molecule has 1 aromatic rings. The van der Waals surface area contributed by atoms with Gasteiger partial charge >= 0.3 is 0 Å². The van der Waals surface area contributed by atoms with E-state index < -0.39 is 5.54 Å². The molecule has 1 unspecified atom stereocenters. The molecule has 0 aromatic carbocycles. The number of amides is 1. The summed E-state index contributed by atoms with van der Waals surface area (Å²) in [5.41, 5.74) is 8.14. The highest BCUT2D eigenvalue weighted by Gasteiger charge is 2.36. The number of nitrogens with two attached hydrogens (primary N) is 1. The Morgan fingerprint density at radius 2 is 2.10 bits per heavy atom. The summed E-state index contributed by atoms with van der Waals surface area (Å²) in [6.45, 7) is 8.06. The molecule has 2 heterocycles. The molecule has 1 atom stereocenters. The first-order valence-electron chi connectivity index (χ1n) is 7.30. The minimum absolute atomic E-state index is 0.317. The van der Waals surface area contributed by atoms with E-state index in [1.165, 1.54) is 11.3 Å². The zero-order chi connectivity index (χ0) is 15.9. The van der Waals surface area contributed by atoms with Crippen molar-refractivity contribution in [2.24, 2.45) is 5.73 Å². The highest BCUT2D eigenvalue weighted by atomic mass is 16.1. The molecule has 4 nitrogen and oxygen atoms in total. The molecule has 0 fully saturated rings. The van der Waals surface area contributed by atoms with Crippen LogP contribution in [0.2, 0.25) is 0 Å². The van der Waals surface area contributed by atoms with Crippen LogP contribution in [0.3, 0.4) is 0 Å². The van der Waals surface area contributed by atoms with E-state index in [1.54, 1.807) is 6.20 Å². The molecule has 1 aliphatic rings. The average Bonchev–Trinajstić information content (AvgIpc) is 2.49. The van der Waals surface area contributed by atoms with Gasteiger partial charge in [0, 0.05) is 11.9 Å². The van der Waals surface area contributed by atoms with Gasteiger partial charge in [0.15, 0.2) is 0 Å². The molecule has 4 heteroatoms. The second-order valence-electron chi connectivity index (χ2n) is 5.10. The Morgan fingerprint density at radius 1 is 1.38 bits per heavy atom. The fraction of sp³-hybridized carbons (Fsp3) is 0.412. The van der Waals surface area contributed by atoms with Crippen molar-refractivity contribution in [2.45, 2.75) is 46.1 Å². The Labute approximate surface area is 127 Å². The number of pyridine rings is 1. The molecule has 0 saturated carbocycles. The number of rotatable bonds is 3. The maximum Gasteiger partial charge on any atom is 0.247 e. The summed E-state index contributed by atoms with van der Waals surface area (Å²) in [6, 6.07) is 4.06. The van der Waals surface area contributed by atoms with Crippen molar-refractivity contribution in [3.63, 3.8) is 0 Å². The first-order valence-corrected chi connectivity index (χ1v) is 7.30. The van der Waals surface area contributed by atoms with E-state index in [9.17, 15) is 4.79 Å². The van der Waals surface area contributed by atoms with E-state index in [-0.39, 0.29) is 5.91 Å². The molecule has 1 aliphatic heterocycles. The van der Waals surface area contributed by atoms with Crippen LogP contribution in [0.5, 0.6) is 0 Å². The van der Waals surface area contributed by atoms with Crippen LogP contribution in [-0.4, -0.2) is 16.4 Å². The minimum atomic E-state index is -0.658. The number of aromatic nitrogens is 1. The van der Waals surface area contributed by atoms with Crippen molar-refractivity contribution < 1.29 is 4.79 Å². The van der Waals surface area contributed by atoms with Gasteiger partial charge in [-0.05, 0) is 56.2 Å². The second kappa shape index (κ2) is 7.62. The third-order valence-electron chi connectivity index (χ3n) is 3.85. The van der Waals surface area contributed by atoms with Crippen LogP contribution in [0.1, 0.15) is 38.4 Å². The van der Waals surface area contributed by atoms with Crippen LogP contribution in [0.4, 0.5) is 0 Å². The van der Waals surface area contributed by atoms with Gasteiger partial charge in [-0.1, -0.05) is 26.0 Å². The molecular formula is C17H25N3O. The number of nitrogens with one attached hydrogen (secondary N) is 1. The van der Waals surface area contributed by atoms with Crippen molar-refractivity contribution in [2.75, 3.05) is 0 Å². The van der Waals surface area contributed by atoms with Crippen LogP contribution < -0.4 is 11.1 Å². The van der Waals surface area contributed by atoms with Crippen molar-refractivity contribution in [3.05, 3.63) is 53.5 Å². The summed E-state index contributed by atoms with van der Waals surface area (Å²) in [4.78, 5) is 15.4. The number of carbonyl (C=O) groups is 1. The molecule has 114 valence electrons. The summed E-state index contributed by atoms with van der Waals surface area (Å²) in [5.74, 6) is -0.317. The number of allylic oxidation sites excluding steroid dienone is 2. The first-order chi connectivity index (χ1) is 9.97. The number of hydrogen-bond acceptors (Lipinski definition) is 3. The SMILES string of the molecule is CCC1(C(N)=O)NC=CC=C1C.CCc1ncccc1C. The Balaban J connectivity index is 0.000000219. The Hall–Kier alpha value is -2.10. The molecular weight excluding hydrogens is 262 g/mol. The number of aryl methyl sites for hydroxylation is 2. The third kappa shape index (κ3) is 3.94. The number of hydrogen-bond donors (Lipinski definition) is 2. The monoisotopic (exact) mass is 287 g/mol. The lowest BCUT2D eigenvalue weighted by Gasteiger charge is -2.32. The normalized spacial score (nSPS) is 19.9. The van der Waals surface area contributed by atoms with Crippen molar-refractivity contribution in [1.29, 1.82) is 0 Å². The van der Waals surface area contributed by atoms with Gasteiger partial charge in [-0.15, -0.1) is 0 Å². The number of carbonyl (C=O) groups excluding carboxylic acids is 1. The van der Waals surface area contributed by atoms with Crippen LogP contribution in [-0.2, 0) is 11.2 Å². The van der Waals surface area contributed by atoms with Crippen LogP contribution in [0, 0.1) is 6.92 Å². The van der Waals surface area contributed by atoms with E-state index in [1.807, 2.05) is 38.3 Å². The van der Waals surface area contributed by atoms with E-state index in [4.69, 9.17) is 5.73 Å². The van der Waals surface area contributed by atoms with E-state index in [0.29, 0.717) is 6.42 Å². The molecule has 0 bridgehead atoms. The van der Waals surface area contributed by atoms with Gasteiger partial charge in [0.1, 0.15) is 5.54 Å². The highest BCUT2D eigenvalue weighted by Crippen LogP contribution is 2.22. The maximum atomic E-state index is 11.2. The quantitative estimate of drug-likeness (QED) is 0.898. The Morgan fingerprint density at radius 3 is 2.48 bits per heavy atom. The standard InChI is InChI=1S/C9H14N2O.C8H11N/c1-3-9(8(10)12)7(2)5-4-6-11-9;1-3-8-7(2)5-4-6-9-8/h4-6,11H,3H2,1-2H3,(H2,10,12);4-6H,3H2,1-2H3. The highest BCUT2D eigenvalue weighted by molar-refractivity contribution is 5.88. The molecule has 21 heavy (non-hydrogen) atoms. The van der Waals surface area contributed by atoms with E-state index >= 15 is 0 Å². The Bertz CT molecular complexity index is 549. The molecule has 0 radical (unpaired) electrons. The lowest BCUT2D eigenvalue weighted by molar-refractivity contribution is -0.122. The molecule has 0 aliphatic carbocycles. The van der Waals surface area contributed by atoms with Crippen molar-refractivity contribution in [1.82, 2.24) is 10.3 Å². The maximum absolute atomic E-state index is 11.2. The zero-order valence-electron chi connectivity index (χ0n) is 13.3. The summed E-state index contributed by atoms with van der Waals surface area (Å²) in [7, 11) is 0. The number of dihydropyridines is 1. The van der Waals surface area contributed by atoms with Gasteiger partial charge in [0.2, 0.25) is 5.91 Å². The molecule has 3 N–H and O–H groups in total. The zero-order valence-corrected chi connectivity index (χ0v) is 13.3. The van der Waals surface area contributed by atoms with Crippen molar-refractivity contribution >= 4 is 5.91 Å². The first kappa shape index (κ1) is 17.0. The average molecular weight is 287 g/mol. The van der Waals surface area contributed by atoms with E-state index in [0.717, 1.165) is 12.0 Å². The van der Waals surface area contributed by atoms with Gasteiger partial charge in [-0.2, -0.15) is 0 Å². The van der Waals surface area contributed by atoms with Gasteiger partial charge in [0.25, 0.3) is 0 Å². The topological polar surface area (TPSA) is 68.0 Å². The smallest absolute Gasteiger partial charge is 0.247 e. The predicted molar refractivity (Wildman–Crippen MR) is 86.6 cm³/mol. The van der Waals surface area contributed by atoms with Crippen LogP contribution in [0.25, 0.3) is 0 Å². The minimum Gasteiger partial charge on any atom is -0.374 e. The van der Waals surface area contributed by atoms with E-state index in [2.05, 4.69) is 30.2 Å². The van der Waals surface area contributed by atoms with Gasteiger partial charge in [0.05, 0.1) is 0 Å². The second-order valence-corrected chi connectivity index (χ2v) is 5.10. The summed E-state index contributed by atoms with van der Waals surface area (Å²) < 4.78 is 0. The predicted octanol–water partition coefficient (Wildman–Crippen LogP) is 2.64. The van der Waals surface area contributed by atoms with Gasteiger partial charge in [-0.3, -0.25) is 9.78 Å². The molecule has 0 spiro atoms. The number of primary amides is 1. The molecule has 2 rings (SSSR count). The molecule has 0 saturated heterocycles. The lowest BCUT2D eigenvalue weighted by Crippen LogP contribution is -2.54. The van der Waals surface area contributed by atoms with Crippen LogP contribution >= 0.6 is 0 Å².